The molecule has 1 fully saturated rings. The molecular formula is C16H22N4O. The van der Waals surface area contributed by atoms with Crippen LogP contribution in [0.15, 0.2) is 41.5 Å². The molecule has 0 radical (unpaired) electrons. The van der Waals surface area contributed by atoms with Gasteiger partial charge in [-0.15, -0.1) is 0 Å². The highest BCUT2D eigenvalue weighted by Crippen LogP contribution is 2.06. The third-order valence-electron chi connectivity index (χ3n) is 3.23. The minimum atomic E-state index is -0.302. The lowest BCUT2D eigenvalue weighted by molar-refractivity contribution is -0.124. The Kier molecular flexibility index (Phi) is 5.97. The first-order chi connectivity index (χ1) is 10.3. The summed E-state index contributed by atoms with van der Waals surface area (Å²) >= 11 is 0. The lowest BCUT2D eigenvalue weighted by Crippen LogP contribution is -2.61. The van der Waals surface area contributed by atoms with Crippen molar-refractivity contribution in [2.24, 2.45) is 5.10 Å². The molecule has 1 saturated heterocycles. The van der Waals surface area contributed by atoms with Crippen molar-refractivity contribution < 1.29 is 4.79 Å². The van der Waals surface area contributed by atoms with Gasteiger partial charge in [-0.2, -0.15) is 5.10 Å². The van der Waals surface area contributed by atoms with Crippen LogP contribution in [-0.4, -0.2) is 24.5 Å². The molecule has 2 rings (SSSR count). The molecule has 5 heteroatoms. The molecule has 1 heterocycles. The molecule has 0 bridgehead atoms. The maximum absolute atomic E-state index is 11.6. The summed E-state index contributed by atoms with van der Waals surface area (Å²) in [7, 11) is 0. The number of hydrogen-bond acceptors (Lipinski definition) is 4. The first-order valence-corrected chi connectivity index (χ1v) is 7.33. The van der Waals surface area contributed by atoms with Gasteiger partial charge < -0.3 is 5.32 Å². The van der Waals surface area contributed by atoms with Crippen molar-refractivity contribution in [3.8, 4) is 0 Å². The lowest BCUT2D eigenvalue weighted by atomic mass is 10.1. The maximum atomic E-state index is 11.6. The fraction of sp³-hybridized carbons (Fsp3) is 0.375. The minimum absolute atomic E-state index is 0.0553. The average Bonchev–Trinajstić information content (AvgIpc) is 2.48. The summed E-state index contributed by atoms with van der Waals surface area (Å²) in [6.07, 6.45) is 7.77. The van der Waals surface area contributed by atoms with E-state index in [2.05, 4.69) is 28.1 Å². The number of allylic oxidation sites excluding steroid dienone is 1. The molecule has 0 aliphatic carbocycles. The Hall–Kier alpha value is -2.14. The quantitative estimate of drug-likeness (QED) is 0.552. The fourth-order valence-corrected chi connectivity index (χ4v) is 2.26. The fourth-order valence-electron chi connectivity index (χ4n) is 2.26. The molecule has 2 unspecified atom stereocenters. The van der Waals surface area contributed by atoms with Gasteiger partial charge in [0.05, 0.1) is 0 Å². The Bertz CT molecular complexity index is 498. The Morgan fingerprint density at radius 2 is 2.19 bits per heavy atom. The van der Waals surface area contributed by atoms with Gasteiger partial charge >= 0.3 is 0 Å². The van der Waals surface area contributed by atoms with Crippen LogP contribution in [0.4, 0.5) is 0 Å². The van der Waals surface area contributed by atoms with Crippen molar-refractivity contribution in [2.75, 3.05) is 0 Å². The molecule has 1 aromatic rings. The standard InChI is InChI=1S/C16H22N4O/c1-2-7-14-12-15(21)19-16(18-14)20-17-11-6-10-13-8-4-3-5-9-13/h3-6,8-11,14,16,18,20H,2,7,12H2,1H3,(H,19,21)/b10-6-,17-11+. The summed E-state index contributed by atoms with van der Waals surface area (Å²) in [5.41, 5.74) is 4.02. The number of rotatable bonds is 6. The summed E-state index contributed by atoms with van der Waals surface area (Å²) in [5.74, 6) is 0.0553. The van der Waals surface area contributed by atoms with Gasteiger partial charge in [0, 0.05) is 18.7 Å². The summed E-state index contributed by atoms with van der Waals surface area (Å²) in [6.45, 7) is 2.11. The summed E-state index contributed by atoms with van der Waals surface area (Å²) in [5, 5.41) is 10.2. The molecule has 0 aromatic heterocycles. The Labute approximate surface area is 125 Å². The summed E-state index contributed by atoms with van der Waals surface area (Å²) < 4.78 is 0. The normalized spacial score (nSPS) is 22.6. The van der Waals surface area contributed by atoms with Crippen molar-refractivity contribution >= 4 is 18.2 Å². The van der Waals surface area contributed by atoms with Gasteiger partial charge in [-0.05, 0) is 18.1 Å². The van der Waals surface area contributed by atoms with Crippen LogP contribution in [0.25, 0.3) is 6.08 Å². The SMILES string of the molecule is CCCC1CC(=O)NC(N/N=C/C=C\c2ccccc2)N1. The van der Waals surface area contributed by atoms with Crippen LogP contribution in [0, 0.1) is 0 Å². The smallest absolute Gasteiger partial charge is 0.224 e. The van der Waals surface area contributed by atoms with E-state index in [4.69, 9.17) is 0 Å². The van der Waals surface area contributed by atoms with Crippen LogP contribution < -0.4 is 16.1 Å². The predicted molar refractivity (Wildman–Crippen MR) is 85.5 cm³/mol. The van der Waals surface area contributed by atoms with Crippen molar-refractivity contribution in [3.63, 3.8) is 0 Å². The first-order valence-electron chi connectivity index (χ1n) is 7.33. The Morgan fingerprint density at radius 1 is 1.38 bits per heavy atom. The van der Waals surface area contributed by atoms with Crippen LogP contribution in [0.5, 0.6) is 0 Å². The second-order valence-corrected chi connectivity index (χ2v) is 5.03. The van der Waals surface area contributed by atoms with Crippen molar-refractivity contribution in [2.45, 2.75) is 38.5 Å². The molecule has 5 nitrogen and oxygen atoms in total. The van der Waals surface area contributed by atoms with Gasteiger partial charge in [-0.25, -0.2) is 0 Å². The van der Waals surface area contributed by atoms with E-state index in [9.17, 15) is 4.79 Å². The first kappa shape index (κ1) is 15.3. The van der Waals surface area contributed by atoms with E-state index in [1.807, 2.05) is 42.5 Å². The number of hydrazone groups is 1. The van der Waals surface area contributed by atoms with Crippen LogP contribution in [-0.2, 0) is 4.79 Å². The summed E-state index contributed by atoms with van der Waals surface area (Å²) in [4.78, 5) is 11.6. The highest BCUT2D eigenvalue weighted by atomic mass is 16.2. The minimum Gasteiger partial charge on any atom is -0.322 e. The van der Waals surface area contributed by atoms with Crippen molar-refractivity contribution in [1.82, 2.24) is 16.1 Å². The number of nitrogens with zero attached hydrogens (tertiary/aromatic N) is 1. The van der Waals surface area contributed by atoms with E-state index in [1.54, 1.807) is 6.21 Å². The number of benzene rings is 1. The third-order valence-corrected chi connectivity index (χ3v) is 3.23. The third kappa shape index (κ3) is 5.39. The molecule has 0 spiro atoms. The van der Waals surface area contributed by atoms with Crippen LogP contribution in [0.3, 0.4) is 0 Å². The van der Waals surface area contributed by atoms with Gasteiger partial charge in [0.2, 0.25) is 5.91 Å². The second kappa shape index (κ2) is 8.21. The molecule has 1 aromatic carbocycles. The number of hydrogen-bond donors (Lipinski definition) is 3. The van der Waals surface area contributed by atoms with Gasteiger partial charge in [0.15, 0.2) is 6.29 Å². The largest absolute Gasteiger partial charge is 0.322 e. The van der Waals surface area contributed by atoms with E-state index in [0.29, 0.717) is 6.42 Å². The van der Waals surface area contributed by atoms with E-state index >= 15 is 0 Å². The van der Waals surface area contributed by atoms with E-state index < -0.39 is 0 Å². The Morgan fingerprint density at radius 3 is 2.95 bits per heavy atom. The van der Waals surface area contributed by atoms with Crippen LogP contribution >= 0.6 is 0 Å². The molecule has 1 aliphatic rings. The zero-order valence-corrected chi connectivity index (χ0v) is 12.3. The van der Waals surface area contributed by atoms with Gasteiger partial charge in [0.25, 0.3) is 0 Å². The topological polar surface area (TPSA) is 65.5 Å². The lowest BCUT2D eigenvalue weighted by Gasteiger charge is -2.30. The van der Waals surface area contributed by atoms with E-state index in [1.165, 1.54) is 0 Å². The maximum Gasteiger partial charge on any atom is 0.224 e. The zero-order chi connectivity index (χ0) is 14.9. The van der Waals surface area contributed by atoms with Crippen molar-refractivity contribution in [1.29, 1.82) is 0 Å². The van der Waals surface area contributed by atoms with Crippen LogP contribution in [0.2, 0.25) is 0 Å². The zero-order valence-electron chi connectivity index (χ0n) is 12.3. The van der Waals surface area contributed by atoms with Gasteiger partial charge in [-0.3, -0.25) is 15.5 Å². The van der Waals surface area contributed by atoms with Crippen LogP contribution in [0.1, 0.15) is 31.7 Å². The molecule has 1 amide bonds. The number of carbonyl (C=O) groups is 1. The molecule has 21 heavy (non-hydrogen) atoms. The highest BCUT2D eigenvalue weighted by molar-refractivity contribution is 5.78. The van der Waals surface area contributed by atoms with E-state index in [-0.39, 0.29) is 18.2 Å². The molecular weight excluding hydrogens is 264 g/mol. The molecule has 1 aliphatic heterocycles. The average molecular weight is 286 g/mol. The summed E-state index contributed by atoms with van der Waals surface area (Å²) in [6, 6.07) is 10.2. The Balaban J connectivity index is 1.78. The predicted octanol–water partition coefficient (Wildman–Crippen LogP) is 1.84. The van der Waals surface area contributed by atoms with Crippen molar-refractivity contribution in [3.05, 3.63) is 42.0 Å². The second-order valence-electron chi connectivity index (χ2n) is 5.03. The van der Waals surface area contributed by atoms with Gasteiger partial charge in [-0.1, -0.05) is 49.8 Å². The molecule has 112 valence electrons. The number of nitrogens with one attached hydrogen (secondary N) is 3. The number of carbonyl (C=O) groups excluding carboxylic acids is 1. The monoisotopic (exact) mass is 286 g/mol. The highest BCUT2D eigenvalue weighted by Gasteiger charge is 2.24. The molecule has 3 N–H and O–H groups in total. The molecule has 0 saturated carbocycles. The van der Waals surface area contributed by atoms with Gasteiger partial charge in [0.1, 0.15) is 0 Å². The van der Waals surface area contributed by atoms with E-state index in [0.717, 1.165) is 18.4 Å². The molecule has 2 atom stereocenters. The number of amides is 1.